The molecule has 30 heavy (non-hydrogen) atoms. The quantitative estimate of drug-likeness (QED) is 0.523. The van der Waals surface area contributed by atoms with Gasteiger partial charge in [-0.25, -0.2) is 8.42 Å². The Labute approximate surface area is 174 Å². The van der Waals surface area contributed by atoms with E-state index in [0.29, 0.717) is 54.3 Å². The van der Waals surface area contributed by atoms with Crippen LogP contribution in [0.1, 0.15) is 12.0 Å². The summed E-state index contributed by atoms with van der Waals surface area (Å²) in [6, 6.07) is 12.5. The molecule has 4 rings (SSSR count). The van der Waals surface area contributed by atoms with Crippen molar-refractivity contribution >= 4 is 38.3 Å². The molecule has 0 radical (unpaired) electrons. The third-order valence-corrected chi connectivity index (χ3v) is 6.74. The zero-order valence-electron chi connectivity index (χ0n) is 16.3. The third kappa shape index (κ3) is 4.24. The van der Waals surface area contributed by atoms with Gasteiger partial charge in [-0.2, -0.15) is 5.10 Å². The zero-order chi connectivity index (χ0) is 21.1. The SMILES string of the molecule is NCCOc1ccc(CC(=O)Nc2n[nH]c3ccc(N4CCCS4(=O)=O)cc23)cc1. The van der Waals surface area contributed by atoms with Crippen molar-refractivity contribution < 1.29 is 17.9 Å². The van der Waals surface area contributed by atoms with E-state index in [-0.39, 0.29) is 18.1 Å². The molecule has 2 aromatic carbocycles. The topological polar surface area (TPSA) is 130 Å². The van der Waals surface area contributed by atoms with Crippen LogP contribution in [0.4, 0.5) is 11.5 Å². The molecule has 1 amide bonds. The molecule has 1 aliphatic rings. The first-order valence-corrected chi connectivity index (χ1v) is 11.3. The van der Waals surface area contributed by atoms with Crippen LogP contribution < -0.4 is 20.1 Å². The Kier molecular flexibility index (Phi) is 5.60. The maximum Gasteiger partial charge on any atom is 0.235 e. The molecule has 158 valence electrons. The molecule has 0 unspecified atom stereocenters. The molecule has 2 heterocycles. The Bertz CT molecular complexity index is 1160. The van der Waals surface area contributed by atoms with Gasteiger partial charge in [0.25, 0.3) is 0 Å². The smallest absolute Gasteiger partial charge is 0.235 e. The molecule has 1 aliphatic heterocycles. The Balaban J connectivity index is 1.48. The van der Waals surface area contributed by atoms with E-state index in [1.165, 1.54) is 4.31 Å². The van der Waals surface area contributed by atoms with Gasteiger partial charge < -0.3 is 15.8 Å². The van der Waals surface area contributed by atoms with Crippen LogP contribution in [0.5, 0.6) is 5.75 Å². The summed E-state index contributed by atoms with van der Waals surface area (Å²) in [5.74, 6) is 0.998. The van der Waals surface area contributed by atoms with E-state index in [9.17, 15) is 13.2 Å². The van der Waals surface area contributed by atoms with Crippen molar-refractivity contribution in [2.75, 3.05) is 35.1 Å². The molecule has 4 N–H and O–H groups in total. The second kappa shape index (κ2) is 8.33. The van der Waals surface area contributed by atoms with Crippen LogP contribution in [-0.2, 0) is 21.2 Å². The molecule has 1 fully saturated rings. The van der Waals surface area contributed by atoms with Crippen LogP contribution in [-0.4, -0.2) is 50.0 Å². The van der Waals surface area contributed by atoms with E-state index < -0.39 is 10.0 Å². The highest BCUT2D eigenvalue weighted by molar-refractivity contribution is 7.93. The number of aromatic nitrogens is 2. The molecule has 0 bridgehead atoms. The summed E-state index contributed by atoms with van der Waals surface area (Å²) >= 11 is 0. The van der Waals surface area contributed by atoms with Crippen LogP contribution in [0, 0.1) is 0 Å². The maximum absolute atomic E-state index is 12.5. The number of hydrogen-bond acceptors (Lipinski definition) is 6. The van der Waals surface area contributed by atoms with Crippen LogP contribution in [0.3, 0.4) is 0 Å². The predicted octanol–water partition coefficient (Wildman–Crippen LogP) is 1.62. The Morgan fingerprint density at radius 2 is 2.03 bits per heavy atom. The molecule has 9 nitrogen and oxygen atoms in total. The van der Waals surface area contributed by atoms with Gasteiger partial charge in [-0.1, -0.05) is 12.1 Å². The number of hydrogen-bond donors (Lipinski definition) is 3. The van der Waals surface area contributed by atoms with E-state index in [2.05, 4.69) is 15.5 Å². The molecule has 1 aromatic heterocycles. The fourth-order valence-electron chi connectivity index (χ4n) is 3.42. The summed E-state index contributed by atoms with van der Waals surface area (Å²) in [7, 11) is -3.28. The lowest BCUT2D eigenvalue weighted by atomic mass is 10.1. The number of nitrogens with two attached hydrogens (primary N) is 1. The molecule has 3 aromatic rings. The van der Waals surface area contributed by atoms with Crippen molar-refractivity contribution in [2.45, 2.75) is 12.8 Å². The minimum absolute atomic E-state index is 0.149. The number of sulfonamides is 1. The summed E-state index contributed by atoms with van der Waals surface area (Å²) in [5, 5.41) is 10.5. The number of ether oxygens (including phenoxy) is 1. The molecule has 0 aliphatic carbocycles. The average Bonchev–Trinajstić information content (AvgIpc) is 3.29. The number of benzene rings is 2. The first kappa shape index (κ1) is 20.2. The summed E-state index contributed by atoms with van der Waals surface area (Å²) in [6.45, 7) is 1.33. The van der Waals surface area contributed by atoms with E-state index in [0.717, 1.165) is 5.56 Å². The summed E-state index contributed by atoms with van der Waals surface area (Å²) in [5.41, 5.74) is 7.53. The Hall–Kier alpha value is -3.11. The first-order chi connectivity index (χ1) is 14.5. The van der Waals surface area contributed by atoms with E-state index in [4.69, 9.17) is 10.5 Å². The largest absolute Gasteiger partial charge is 0.492 e. The fraction of sp³-hybridized carbons (Fsp3) is 0.300. The number of carbonyl (C=O) groups excluding carboxylic acids is 1. The highest BCUT2D eigenvalue weighted by atomic mass is 32.2. The number of aromatic amines is 1. The lowest BCUT2D eigenvalue weighted by Crippen LogP contribution is -2.24. The predicted molar refractivity (Wildman–Crippen MR) is 115 cm³/mol. The monoisotopic (exact) mass is 429 g/mol. The highest BCUT2D eigenvalue weighted by Crippen LogP contribution is 2.30. The maximum atomic E-state index is 12.5. The number of H-pyrrole nitrogens is 1. The number of anilines is 2. The fourth-order valence-corrected chi connectivity index (χ4v) is 4.98. The van der Waals surface area contributed by atoms with Gasteiger partial charge >= 0.3 is 0 Å². The van der Waals surface area contributed by atoms with E-state index in [1.807, 2.05) is 12.1 Å². The van der Waals surface area contributed by atoms with Crippen molar-refractivity contribution in [2.24, 2.45) is 5.73 Å². The number of rotatable bonds is 7. The molecule has 0 atom stereocenters. The van der Waals surface area contributed by atoms with Crippen LogP contribution in [0.25, 0.3) is 10.9 Å². The molecule has 1 saturated heterocycles. The molecule has 0 saturated carbocycles. The average molecular weight is 430 g/mol. The second-order valence-electron chi connectivity index (χ2n) is 7.05. The second-order valence-corrected chi connectivity index (χ2v) is 9.06. The van der Waals surface area contributed by atoms with Gasteiger partial charge in [0.1, 0.15) is 12.4 Å². The van der Waals surface area contributed by atoms with E-state index in [1.54, 1.807) is 30.3 Å². The van der Waals surface area contributed by atoms with Gasteiger partial charge in [0.15, 0.2) is 5.82 Å². The lowest BCUT2D eigenvalue weighted by molar-refractivity contribution is -0.115. The van der Waals surface area contributed by atoms with Gasteiger partial charge in [-0.05, 0) is 42.3 Å². The highest BCUT2D eigenvalue weighted by Gasteiger charge is 2.28. The van der Waals surface area contributed by atoms with Gasteiger partial charge in [0, 0.05) is 18.5 Å². The van der Waals surface area contributed by atoms with Crippen LogP contribution in [0.15, 0.2) is 42.5 Å². The summed E-state index contributed by atoms with van der Waals surface area (Å²) < 4.78 is 31.2. The number of amides is 1. The zero-order valence-corrected chi connectivity index (χ0v) is 17.1. The van der Waals surface area contributed by atoms with Crippen molar-refractivity contribution in [3.8, 4) is 5.75 Å². The summed E-state index contributed by atoms with van der Waals surface area (Å²) in [6.07, 6.45) is 0.775. The van der Waals surface area contributed by atoms with Crippen LogP contribution in [0.2, 0.25) is 0 Å². The van der Waals surface area contributed by atoms with Crippen molar-refractivity contribution in [1.29, 1.82) is 0 Å². The van der Waals surface area contributed by atoms with Gasteiger partial charge in [0.05, 0.1) is 23.4 Å². The normalized spacial score (nSPS) is 15.4. The number of carbonyl (C=O) groups is 1. The van der Waals surface area contributed by atoms with Gasteiger partial charge in [-0.15, -0.1) is 0 Å². The molecule has 0 spiro atoms. The number of fused-ring (bicyclic) bond motifs is 1. The number of nitrogens with one attached hydrogen (secondary N) is 2. The molecular weight excluding hydrogens is 406 g/mol. The van der Waals surface area contributed by atoms with Gasteiger partial charge in [-0.3, -0.25) is 14.2 Å². The van der Waals surface area contributed by atoms with Crippen molar-refractivity contribution in [1.82, 2.24) is 10.2 Å². The lowest BCUT2D eigenvalue weighted by Gasteiger charge is -2.16. The van der Waals surface area contributed by atoms with Gasteiger partial charge in [0.2, 0.25) is 15.9 Å². The first-order valence-electron chi connectivity index (χ1n) is 9.66. The number of nitrogens with zero attached hydrogens (tertiary/aromatic N) is 2. The Morgan fingerprint density at radius 3 is 2.73 bits per heavy atom. The third-order valence-electron chi connectivity index (χ3n) is 4.87. The van der Waals surface area contributed by atoms with Crippen molar-refractivity contribution in [3.63, 3.8) is 0 Å². The minimum atomic E-state index is -3.28. The standard InChI is InChI=1S/C20H23N5O4S/c21-8-10-29-16-5-2-14(3-6-16)12-19(26)22-20-17-13-15(4-7-18(17)23-24-20)25-9-1-11-30(25,27)28/h2-7,13H,1,8-12,21H2,(H2,22,23,24,26). The van der Waals surface area contributed by atoms with Crippen LogP contribution >= 0.6 is 0 Å². The molecule has 10 heteroatoms. The minimum Gasteiger partial charge on any atom is -0.492 e. The van der Waals surface area contributed by atoms with Crippen molar-refractivity contribution in [3.05, 3.63) is 48.0 Å². The summed E-state index contributed by atoms with van der Waals surface area (Å²) in [4.78, 5) is 12.5. The Morgan fingerprint density at radius 1 is 1.23 bits per heavy atom. The van der Waals surface area contributed by atoms with E-state index >= 15 is 0 Å². The molecular formula is C20H23N5O4S.